The Morgan fingerprint density at radius 3 is 2.31 bits per heavy atom. The molecule has 4 amide bonds. The van der Waals surface area contributed by atoms with Gasteiger partial charge in [-0.1, -0.05) is 23.7 Å². The fourth-order valence-corrected chi connectivity index (χ4v) is 3.10. The predicted molar refractivity (Wildman–Crippen MR) is 105 cm³/mol. The maximum atomic E-state index is 12.8. The van der Waals surface area contributed by atoms with Crippen LogP contribution in [0.25, 0.3) is 0 Å². The standard InChI is InChI=1S/C20H18ClN3O5/c1-20(13-5-7-14(21)8-6-13)18(27)24(19(28)23-20)11-16(25)22-15-9-3-12(4-10-15)17(26)29-2/h3-10H,11H2,1-2H3,(H,22,25)(H,23,28). The highest BCUT2D eigenvalue weighted by atomic mass is 35.5. The summed E-state index contributed by atoms with van der Waals surface area (Å²) in [5.74, 6) is -1.59. The summed E-state index contributed by atoms with van der Waals surface area (Å²) < 4.78 is 4.61. The highest BCUT2D eigenvalue weighted by molar-refractivity contribution is 6.30. The maximum absolute atomic E-state index is 12.8. The summed E-state index contributed by atoms with van der Waals surface area (Å²) in [5.41, 5.74) is 0.0134. The average Bonchev–Trinajstić information content (AvgIpc) is 2.92. The van der Waals surface area contributed by atoms with Crippen molar-refractivity contribution < 1.29 is 23.9 Å². The van der Waals surface area contributed by atoms with E-state index in [4.69, 9.17) is 11.6 Å². The summed E-state index contributed by atoms with van der Waals surface area (Å²) in [6, 6.07) is 11.9. The molecule has 1 atom stereocenters. The van der Waals surface area contributed by atoms with Gasteiger partial charge in [0.2, 0.25) is 5.91 Å². The van der Waals surface area contributed by atoms with Gasteiger partial charge in [-0.25, -0.2) is 9.59 Å². The van der Waals surface area contributed by atoms with Gasteiger partial charge in [-0.2, -0.15) is 0 Å². The van der Waals surface area contributed by atoms with E-state index in [1.807, 2.05) is 0 Å². The number of rotatable bonds is 5. The van der Waals surface area contributed by atoms with E-state index in [2.05, 4.69) is 15.4 Å². The maximum Gasteiger partial charge on any atom is 0.337 e. The fraction of sp³-hybridized carbons (Fsp3) is 0.200. The quantitative estimate of drug-likeness (QED) is 0.576. The van der Waals surface area contributed by atoms with Crippen molar-refractivity contribution in [3.63, 3.8) is 0 Å². The van der Waals surface area contributed by atoms with E-state index in [1.165, 1.54) is 31.4 Å². The number of urea groups is 1. The van der Waals surface area contributed by atoms with Gasteiger partial charge < -0.3 is 15.4 Å². The molecule has 1 saturated heterocycles. The van der Waals surface area contributed by atoms with E-state index in [-0.39, 0.29) is 0 Å². The van der Waals surface area contributed by atoms with Crippen molar-refractivity contribution in [3.8, 4) is 0 Å². The number of methoxy groups -OCH3 is 1. The summed E-state index contributed by atoms with van der Waals surface area (Å²) in [6.45, 7) is 1.12. The van der Waals surface area contributed by atoms with Gasteiger partial charge in [0, 0.05) is 10.7 Å². The summed E-state index contributed by atoms with van der Waals surface area (Å²) in [7, 11) is 1.27. The van der Waals surface area contributed by atoms with Crippen molar-refractivity contribution in [2.75, 3.05) is 19.0 Å². The lowest BCUT2D eigenvalue weighted by molar-refractivity contribution is -0.133. The highest BCUT2D eigenvalue weighted by Crippen LogP contribution is 2.29. The molecule has 1 aliphatic rings. The molecule has 0 spiro atoms. The van der Waals surface area contributed by atoms with Crippen molar-refractivity contribution in [1.29, 1.82) is 0 Å². The van der Waals surface area contributed by atoms with Gasteiger partial charge in [-0.05, 0) is 48.9 Å². The van der Waals surface area contributed by atoms with Crippen LogP contribution >= 0.6 is 11.6 Å². The molecule has 1 aliphatic heterocycles. The lowest BCUT2D eigenvalue weighted by Crippen LogP contribution is -2.42. The number of amides is 4. The Morgan fingerprint density at radius 2 is 1.72 bits per heavy atom. The Morgan fingerprint density at radius 1 is 1.10 bits per heavy atom. The molecular weight excluding hydrogens is 398 g/mol. The second-order valence-electron chi connectivity index (χ2n) is 6.57. The minimum atomic E-state index is -1.29. The Bertz CT molecular complexity index is 975. The third-order valence-electron chi connectivity index (χ3n) is 4.59. The molecule has 0 saturated carbocycles. The number of imide groups is 1. The highest BCUT2D eigenvalue weighted by Gasteiger charge is 2.49. The van der Waals surface area contributed by atoms with Crippen LogP contribution in [0.1, 0.15) is 22.8 Å². The van der Waals surface area contributed by atoms with E-state index < -0.39 is 35.9 Å². The number of hydrogen-bond donors (Lipinski definition) is 2. The van der Waals surface area contributed by atoms with Gasteiger partial charge >= 0.3 is 12.0 Å². The largest absolute Gasteiger partial charge is 0.465 e. The minimum Gasteiger partial charge on any atom is -0.465 e. The van der Waals surface area contributed by atoms with Crippen molar-refractivity contribution >= 4 is 41.1 Å². The zero-order chi connectivity index (χ0) is 21.2. The summed E-state index contributed by atoms with van der Waals surface area (Å²) in [6.07, 6.45) is 0. The first-order valence-corrected chi connectivity index (χ1v) is 9.01. The number of benzene rings is 2. The molecule has 2 aromatic carbocycles. The predicted octanol–water partition coefficient (Wildman–Crippen LogP) is 2.53. The first-order chi connectivity index (χ1) is 13.7. The molecule has 2 N–H and O–H groups in total. The van der Waals surface area contributed by atoms with Gasteiger partial charge in [-0.15, -0.1) is 0 Å². The number of nitrogens with zero attached hydrogens (tertiary/aromatic N) is 1. The summed E-state index contributed by atoms with van der Waals surface area (Å²) in [4.78, 5) is 49.8. The molecule has 9 heteroatoms. The van der Waals surface area contributed by atoms with Gasteiger partial charge in [0.15, 0.2) is 0 Å². The second kappa shape index (κ2) is 7.92. The van der Waals surface area contributed by atoms with Crippen LogP contribution in [0, 0.1) is 0 Å². The molecule has 1 fully saturated rings. The second-order valence-corrected chi connectivity index (χ2v) is 7.01. The fourth-order valence-electron chi connectivity index (χ4n) is 2.97. The van der Waals surface area contributed by atoms with Gasteiger partial charge in [0.05, 0.1) is 12.7 Å². The first-order valence-electron chi connectivity index (χ1n) is 8.63. The molecule has 1 heterocycles. The van der Waals surface area contributed by atoms with Crippen LogP contribution in [-0.4, -0.2) is 42.4 Å². The molecule has 2 aromatic rings. The molecule has 0 aliphatic carbocycles. The van der Waals surface area contributed by atoms with Crippen molar-refractivity contribution in [1.82, 2.24) is 10.2 Å². The van der Waals surface area contributed by atoms with Crippen LogP contribution in [0.5, 0.6) is 0 Å². The molecule has 29 heavy (non-hydrogen) atoms. The zero-order valence-electron chi connectivity index (χ0n) is 15.7. The minimum absolute atomic E-state index is 0.332. The van der Waals surface area contributed by atoms with E-state index in [1.54, 1.807) is 31.2 Å². The van der Waals surface area contributed by atoms with Gasteiger partial charge in [-0.3, -0.25) is 14.5 Å². The average molecular weight is 416 g/mol. The van der Waals surface area contributed by atoms with E-state index >= 15 is 0 Å². The number of carbonyl (C=O) groups is 4. The molecular formula is C20H18ClN3O5. The third kappa shape index (κ3) is 4.07. The number of halogens is 1. The number of esters is 1. The third-order valence-corrected chi connectivity index (χ3v) is 4.84. The number of carbonyl (C=O) groups excluding carboxylic acids is 4. The van der Waals surface area contributed by atoms with Crippen LogP contribution < -0.4 is 10.6 Å². The lowest BCUT2D eigenvalue weighted by Gasteiger charge is -2.22. The van der Waals surface area contributed by atoms with Crippen LogP contribution in [-0.2, 0) is 19.9 Å². The molecule has 150 valence electrons. The summed E-state index contributed by atoms with van der Waals surface area (Å²) >= 11 is 5.88. The molecule has 0 radical (unpaired) electrons. The number of anilines is 1. The molecule has 0 bridgehead atoms. The topological polar surface area (TPSA) is 105 Å². The molecule has 1 unspecified atom stereocenters. The van der Waals surface area contributed by atoms with Gasteiger partial charge in [0.25, 0.3) is 5.91 Å². The van der Waals surface area contributed by atoms with Crippen LogP contribution in [0.3, 0.4) is 0 Å². The Balaban J connectivity index is 1.69. The van der Waals surface area contributed by atoms with Gasteiger partial charge in [0.1, 0.15) is 12.1 Å². The monoisotopic (exact) mass is 415 g/mol. The number of nitrogens with one attached hydrogen (secondary N) is 2. The van der Waals surface area contributed by atoms with Crippen molar-refractivity contribution in [2.45, 2.75) is 12.5 Å². The SMILES string of the molecule is COC(=O)c1ccc(NC(=O)CN2C(=O)NC(C)(c3ccc(Cl)cc3)C2=O)cc1. The number of hydrogen-bond acceptors (Lipinski definition) is 5. The smallest absolute Gasteiger partial charge is 0.337 e. The Hall–Kier alpha value is -3.39. The first kappa shape index (κ1) is 20.3. The normalized spacial score (nSPS) is 18.4. The van der Waals surface area contributed by atoms with E-state index in [9.17, 15) is 19.2 Å². The van der Waals surface area contributed by atoms with E-state index in [0.29, 0.717) is 21.8 Å². The van der Waals surface area contributed by atoms with Crippen LogP contribution in [0.15, 0.2) is 48.5 Å². The Kier molecular flexibility index (Phi) is 5.56. The molecule has 0 aromatic heterocycles. The van der Waals surface area contributed by atoms with Crippen LogP contribution in [0.2, 0.25) is 5.02 Å². The van der Waals surface area contributed by atoms with E-state index in [0.717, 1.165) is 4.90 Å². The summed E-state index contributed by atoms with van der Waals surface area (Å²) in [5, 5.41) is 5.71. The lowest BCUT2D eigenvalue weighted by atomic mass is 9.92. The van der Waals surface area contributed by atoms with Crippen LogP contribution in [0.4, 0.5) is 10.5 Å². The molecule has 8 nitrogen and oxygen atoms in total. The molecule has 3 rings (SSSR count). The Labute approximate surface area is 171 Å². The van der Waals surface area contributed by atoms with Crippen molar-refractivity contribution in [2.24, 2.45) is 0 Å². The van der Waals surface area contributed by atoms with Crippen molar-refractivity contribution in [3.05, 3.63) is 64.7 Å². The number of ether oxygens (including phenoxy) is 1. The zero-order valence-corrected chi connectivity index (χ0v) is 16.4.